The Bertz CT molecular complexity index is 1610. The van der Waals surface area contributed by atoms with E-state index in [0.29, 0.717) is 29.1 Å². The number of rotatable bonds is 7. The van der Waals surface area contributed by atoms with Crippen LogP contribution in [0.1, 0.15) is 37.0 Å². The molecule has 1 aliphatic rings. The van der Waals surface area contributed by atoms with Crippen molar-refractivity contribution in [3.05, 3.63) is 70.0 Å². The number of thiazole rings is 2. The number of aromatic nitrogens is 6. The first-order valence-corrected chi connectivity index (χ1v) is 13.3. The number of carbonyl (C=O) groups is 2. The van der Waals surface area contributed by atoms with Gasteiger partial charge in [-0.15, -0.1) is 22.7 Å². The average molecular weight is 534 g/mol. The van der Waals surface area contributed by atoms with Crippen molar-refractivity contribution < 1.29 is 9.59 Å². The second-order valence-corrected chi connectivity index (χ2v) is 10.8. The minimum atomic E-state index is -0.313. The fourth-order valence-corrected chi connectivity index (χ4v) is 6.06. The van der Waals surface area contributed by atoms with E-state index in [1.165, 1.54) is 22.4 Å². The highest BCUT2D eigenvalue weighted by atomic mass is 32.1. The zero-order chi connectivity index (χ0) is 25.5. The van der Waals surface area contributed by atoms with Gasteiger partial charge in [0.05, 0.1) is 51.0 Å². The van der Waals surface area contributed by atoms with Crippen molar-refractivity contribution in [1.82, 2.24) is 39.6 Å². The van der Waals surface area contributed by atoms with Gasteiger partial charge in [0, 0.05) is 62.3 Å². The van der Waals surface area contributed by atoms with Crippen molar-refractivity contribution in [2.24, 2.45) is 7.05 Å². The number of nitrogens with zero attached hydrogens (tertiary/aromatic N) is 7. The molecule has 0 saturated carbocycles. The van der Waals surface area contributed by atoms with E-state index in [1.807, 2.05) is 25.0 Å². The van der Waals surface area contributed by atoms with Gasteiger partial charge < -0.3 is 10.6 Å². The second kappa shape index (κ2) is 9.50. The molecule has 13 heteroatoms. The van der Waals surface area contributed by atoms with Crippen LogP contribution in [0, 0.1) is 6.92 Å². The monoisotopic (exact) mass is 533 g/mol. The molecule has 0 unspecified atom stereocenters. The summed E-state index contributed by atoms with van der Waals surface area (Å²) in [4.78, 5) is 39.8. The largest absolute Gasteiger partial charge is 0.351 e. The lowest BCUT2D eigenvalue weighted by molar-refractivity contribution is 0.0946. The van der Waals surface area contributed by atoms with E-state index in [2.05, 4.69) is 35.7 Å². The van der Waals surface area contributed by atoms with Gasteiger partial charge >= 0.3 is 0 Å². The molecule has 1 aliphatic heterocycles. The van der Waals surface area contributed by atoms with Crippen LogP contribution in [0.15, 0.2) is 42.6 Å². The summed E-state index contributed by atoms with van der Waals surface area (Å²) >= 11 is 3.13. The lowest BCUT2D eigenvalue weighted by atomic mass is 10.2. The fourth-order valence-electron chi connectivity index (χ4n) is 4.21. The number of hydrogen-bond donors (Lipinski definition) is 2. The Kier molecular flexibility index (Phi) is 6.02. The summed E-state index contributed by atoms with van der Waals surface area (Å²) in [6.45, 7) is 4.71. The predicted octanol–water partition coefficient (Wildman–Crippen LogP) is 2.95. The molecule has 0 spiro atoms. The van der Waals surface area contributed by atoms with Gasteiger partial charge in [-0.3, -0.25) is 24.2 Å². The molecule has 2 amide bonds. The summed E-state index contributed by atoms with van der Waals surface area (Å²) in [6.07, 6.45) is 8.63. The van der Waals surface area contributed by atoms with E-state index in [1.54, 1.807) is 45.9 Å². The van der Waals surface area contributed by atoms with Gasteiger partial charge in [-0.2, -0.15) is 10.2 Å². The molecule has 5 aromatic heterocycles. The summed E-state index contributed by atoms with van der Waals surface area (Å²) in [5.41, 5.74) is 5.90. The van der Waals surface area contributed by atoms with Gasteiger partial charge in [-0.05, 0) is 13.0 Å². The standard InChI is InChI=1S/C24H23N9O2S2/c1-14-18(5-15(6-26-14)22(34)25-3-4-32-10-19-21(11-32)36-13-27-19)30-23(35)17-8-29-33-12-20(37-24(17)33)16-7-28-31(2)9-16/h5-9,12-13H,3-4,10-11H2,1-2H3,(H,25,34)(H,30,35). The van der Waals surface area contributed by atoms with E-state index >= 15 is 0 Å². The third-order valence-corrected chi connectivity index (χ3v) is 8.23. The maximum atomic E-state index is 13.2. The lowest BCUT2D eigenvalue weighted by Crippen LogP contribution is -2.32. The molecule has 188 valence electrons. The summed E-state index contributed by atoms with van der Waals surface area (Å²) in [5, 5.41) is 14.4. The minimum absolute atomic E-state index is 0.234. The molecule has 0 saturated heterocycles. The third-order valence-electron chi connectivity index (χ3n) is 6.21. The Morgan fingerprint density at radius 2 is 1.97 bits per heavy atom. The Labute approximate surface area is 219 Å². The number of pyridine rings is 1. The number of carbonyl (C=O) groups excluding carboxylic acids is 2. The number of fused-ring (bicyclic) bond motifs is 2. The van der Waals surface area contributed by atoms with Crippen LogP contribution in [0.5, 0.6) is 0 Å². The van der Waals surface area contributed by atoms with Crippen LogP contribution in [0.25, 0.3) is 15.3 Å². The first kappa shape index (κ1) is 23.5. The molecule has 37 heavy (non-hydrogen) atoms. The van der Waals surface area contributed by atoms with Gasteiger partial charge in [-0.25, -0.2) is 9.50 Å². The minimum Gasteiger partial charge on any atom is -0.351 e. The molecule has 0 aliphatic carbocycles. The number of anilines is 1. The highest BCUT2D eigenvalue weighted by Crippen LogP contribution is 2.30. The first-order valence-electron chi connectivity index (χ1n) is 11.6. The Balaban J connectivity index is 1.11. The van der Waals surface area contributed by atoms with Gasteiger partial charge in [-0.1, -0.05) is 0 Å². The van der Waals surface area contributed by atoms with Crippen molar-refractivity contribution in [1.29, 1.82) is 0 Å². The van der Waals surface area contributed by atoms with Crippen molar-refractivity contribution in [3.8, 4) is 10.4 Å². The van der Waals surface area contributed by atoms with Crippen molar-refractivity contribution in [2.75, 3.05) is 18.4 Å². The quantitative estimate of drug-likeness (QED) is 0.330. The molecule has 2 N–H and O–H groups in total. The van der Waals surface area contributed by atoms with Crippen LogP contribution in [0.4, 0.5) is 5.69 Å². The van der Waals surface area contributed by atoms with Crippen molar-refractivity contribution in [3.63, 3.8) is 0 Å². The molecular weight excluding hydrogens is 510 g/mol. The highest BCUT2D eigenvalue weighted by Gasteiger charge is 2.22. The normalized spacial score (nSPS) is 13.2. The Morgan fingerprint density at radius 1 is 1.08 bits per heavy atom. The SMILES string of the molecule is Cc1ncc(C(=O)NCCN2Cc3ncsc3C2)cc1NC(=O)c1cnn2cc(-c3cnn(C)c3)sc12. The summed E-state index contributed by atoms with van der Waals surface area (Å²) in [6, 6.07) is 1.66. The predicted molar refractivity (Wildman–Crippen MR) is 141 cm³/mol. The molecule has 11 nitrogen and oxygen atoms in total. The van der Waals surface area contributed by atoms with Crippen LogP contribution in [0.2, 0.25) is 0 Å². The smallest absolute Gasteiger partial charge is 0.260 e. The Morgan fingerprint density at radius 3 is 2.78 bits per heavy atom. The number of aryl methyl sites for hydroxylation is 2. The molecule has 0 bridgehead atoms. The Hall–Kier alpha value is -3.94. The van der Waals surface area contributed by atoms with Gasteiger partial charge in [0.15, 0.2) is 0 Å². The zero-order valence-corrected chi connectivity index (χ0v) is 21.8. The van der Waals surface area contributed by atoms with Gasteiger partial charge in [0.25, 0.3) is 11.8 Å². The molecule has 6 rings (SSSR count). The van der Waals surface area contributed by atoms with E-state index in [9.17, 15) is 9.59 Å². The summed E-state index contributed by atoms with van der Waals surface area (Å²) in [7, 11) is 1.86. The third kappa shape index (κ3) is 4.63. The van der Waals surface area contributed by atoms with Crippen LogP contribution in [-0.4, -0.2) is 59.2 Å². The molecule has 6 heterocycles. The summed E-state index contributed by atoms with van der Waals surface area (Å²) < 4.78 is 3.42. The number of amides is 2. The topological polar surface area (TPSA) is 122 Å². The van der Waals surface area contributed by atoms with Crippen LogP contribution in [-0.2, 0) is 20.1 Å². The van der Waals surface area contributed by atoms with E-state index in [4.69, 9.17) is 0 Å². The van der Waals surface area contributed by atoms with Gasteiger partial charge in [0.1, 0.15) is 4.83 Å². The molecule has 5 aromatic rings. The fraction of sp³-hybridized carbons (Fsp3) is 0.250. The average Bonchev–Trinajstić information content (AvgIpc) is 3.66. The highest BCUT2D eigenvalue weighted by molar-refractivity contribution is 7.21. The first-order chi connectivity index (χ1) is 17.9. The number of hydrogen-bond acceptors (Lipinski definition) is 9. The molecule has 0 fully saturated rings. The van der Waals surface area contributed by atoms with Crippen LogP contribution in [0.3, 0.4) is 0 Å². The molecule has 0 radical (unpaired) electrons. The maximum absolute atomic E-state index is 13.2. The van der Waals surface area contributed by atoms with E-state index < -0.39 is 0 Å². The van der Waals surface area contributed by atoms with Crippen LogP contribution >= 0.6 is 22.7 Å². The van der Waals surface area contributed by atoms with E-state index in [0.717, 1.165) is 40.6 Å². The molecule has 0 aromatic carbocycles. The second-order valence-electron chi connectivity index (χ2n) is 8.81. The van der Waals surface area contributed by atoms with E-state index in [-0.39, 0.29) is 11.8 Å². The molecule has 0 atom stereocenters. The zero-order valence-electron chi connectivity index (χ0n) is 20.1. The molecular formula is C24H23N9O2S2. The van der Waals surface area contributed by atoms with Crippen molar-refractivity contribution >= 4 is 45.0 Å². The lowest BCUT2D eigenvalue weighted by Gasteiger charge is -2.15. The van der Waals surface area contributed by atoms with Gasteiger partial charge in [0.2, 0.25) is 0 Å². The summed E-state index contributed by atoms with van der Waals surface area (Å²) in [5.74, 6) is -0.547. The van der Waals surface area contributed by atoms with Crippen LogP contribution < -0.4 is 10.6 Å². The number of nitrogens with one attached hydrogen (secondary N) is 2. The maximum Gasteiger partial charge on any atom is 0.260 e. The van der Waals surface area contributed by atoms with Crippen molar-refractivity contribution in [2.45, 2.75) is 20.0 Å².